The van der Waals surface area contributed by atoms with E-state index in [-0.39, 0.29) is 23.6 Å². The zero-order valence-electron chi connectivity index (χ0n) is 13.9. The zero-order chi connectivity index (χ0) is 18.5. The number of likely N-dealkylation sites (tertiary alicyclic amines) is 1. The van der Waals surface area contributed by atoms with Crippen molar-refractivity contribution in [2.75, 3.05) is 13.1 Å². The molecule has 0 saturated carbocycles. The first-order valence-corrected chi connectivity index (χ1v) is 8.21. The Bertz CT molecular complexity index is 739. The van der Waals surface area contributed by atoms with Gasteiger partial charge in [-0.15, -0.1) is 0 Å². The van der Waals surface area contributed by atoms with Gasteiger partial charge in [0, 0.05) is 24.7 Å². The normalized spacial score (nSPS) is 15.1. The van der Waals surface area contributed by atoms with Crippen LogP contribution in [0.15, 0.2) is 47.1 Å². The van der Waals surface area contributed by atoms with E-state index >= 15 is 0 Å². The van der Waals surface area contributed by atoms with Gasteiger partial charge in [-0.3, -0.25) is 9.59 Å². The van der Waals surface area contributed by atoms with Crippen molar-refractivity contribution in [2.45, 2.75) is 25.5 Å². The fourth-order valence-corrected chi connectivity index (χ4v) is 2.84. The van der Waals surface area contributed by atoms with E-state index in [1.807, 2.05) is 0 Å². The lowest BCUT2D eigenvalue weighted by molar-refractivity contribution is -0.0498. The molecule has 0 radical (unpaired) electrons. The molecule has 2 aromatic rings. The first kappa shape index (κ1) is 17.9. The SMILES string of the molecule is O=C(NC1CCN(C(=O)c2ccco2)CC1)c1ccc(OC(F)F)cc1. The van der Waals surface area contributed by atoms with Gasteiger partial charge in [0.05, 0.1) is 6.26 Å². The molecule has 2 heterocycles. The summed E-state index contributed by atoms with van der Waals surface area (Å²) in [4.78, 5) is 26.1. The summed E-state index contributed by atoms with van der Waals surface area (Å²) in [5.41, 5.74) is 0.362. The first-order chi connectivity index (χ1) is 12.5. The number of hydrogen-bond acceptors (Lipinski definition) is 4. The van der Waals surface area contributed by atoms with Gasteiger partial charge >= 0.3 is 6.61 Å². The standard InChI is InChI=1S/C18H18F2N2O4/c19-18(20)26-14-5-3-12(4-6-14)16(23)21-13-7-9-22(10-8-13)17(24)15-2-1-11-25-15/h1-6,11,13,18H,7-10H2,(H,21,23). The number of carbonyl (C=O) groups excluding carboxylic acids is 2. The van der Waals surface area contributed by atoms with Crippen LogP contribution in [0.4, 0.5) is 8.78 Å². The van der Waals surface area contributed by atoms with E-state index in [1.54, 1.807) is 17.0 Å². The third-order valence-corrected chi connectivity index (χ3v) is 4.19. The molecule has 1 aliphatic heterocycles. The summed E-state index contributed by atoms with van der Waals surface area (Å²) in [7, 11) is 0. The summed E-state index contributed by atoms with van der Waals surface area (Å²) < 4.78 is 33.6. The largest absolute Gasteiger partial charge is 0.459 e. The van der Waals surface area contributed by atoms with Crippen LogP contribution in [0.5, 0.6) is 5.75 Å². The van der Waals surface area contributed by atoms with Gasteiger partial charge in [0.2, 0.25) is 0 Å². The minimum atomic E-state index is -2.90. The Labute approximate surface area is 148 Å². The van der Waals surface area contributed by atoms with E-state index in [2.05, 4.69) is 10.1 Å². The van der Waals surface area contributed by atoms with Crippen molar-refractivity contribution in [1.82, 2.24) is 10.2 Å². The molecule has 0 bridgehead atoms. The molecular formula is C18H18F2N2O4. The second-order valence-electron chi connectivity index (χ2n) is 5.92. The Balaban J connectivity index is 1.49. The Morgan fingerprint density at radius 1 is 1.15 bits per heavy atom. The van der Waals surface area contributed by atoms with Crippen LogP contribution in [0.25, 0.3) is 0 Å². The van der Waals surface area contributed by atoms with Gasteiger partial charge < -0.3 is 19.4 Å². The predicted octanol–water partition coefficient (Wildman–Crippen LogP) is 2.92. The molecule has 1 aliphatic rings. The number of alkyl halides is 2. The Kier molecular flexibility index (Phi) is 5.50. The summed E-state index contributed by atoms with van der Waals surface area (Å²) in [6.45, 7) is -1.86. The second-order valence-corrected chi connectivity index (χ2v) is 5.92. The molecule has 6 nitrogen and oxygen atoms in total. The van der Waals surface area contributed by atoms with Crippen molar-refractivity contribution in [3.8, 4) is 5.75 Å². The molecule has 3 rings (SSSR count). The van der Waals surface area contributed by atoms with Crippen molar-refractivity contribution in [1.29, 1.82) is 0 Å². The van der Waals surface area contributed by atoms with E-state index in [9.17, 15) is 18.4 Å². The lowest BCUT2D eigenvalue weighted by Crippen LogP contribution is -2.46. The molecule has 1 fully saturated rings. The number of rotatable bonds is 5. The van der Waals surface area contributed by atoms with Crippen LogP contribution >= 0.6 is 0 Å². The number of halogens is 2. The van der Waals surface area contributed by atoms with Crippen molar-refractivity contribution in [3.63, 3.8) is 0 Å². The molecular weight excluding hydrogens is 346 g/mol. The van der Waals surface area contributed by atoms with E-state index in [4.69, 9.17) is 4.42 Å². The van der Waals surface area contributed by atoms with Crippen molar-refractivity contribution in [3.05, 3.63) is 54.0 Å². The third kappa shape index (κ3) is 4.38. The van der Waals surface area contributed by atoms with E-state index < -0.39 is 6.61 Å². The molecule has 138 valence electrons. The number of benzene rings is 1. The minimum Gasteiger partial charge on any atom is -0.459 e. The number of hydrogen-bond donors (Lipinski definition) is 1. The fourth-order valence-electron chi connectivity index (χ4n) is 2.84. The Morgan fingerprint density at radius 2 is 1.85 bits per heavy atom. The maximum absolute atomic E-state index is 12.3. The topological polar surface area (TPSA) is 71.8 Å². The average molecular weight is 364 g/mol. The lowest BCUT2D eigenvalue weighted by Gasteiger charge is -2.31. The molecule has 1 aromatic heterocycles. The quantitative estimate of drug-likeness (QED) is 0.886. The Morgan fingerprint density at radius 3 is 2.42 bits per heavy atom. The van der Waals surface area contributed by atoms with Crippen LogP contribution in [0, 0.1) is 0 Å². The number of carbonyl (C=O) groups is 2. The summed E-state index contributed by atoms with van der Waals surface area (Å²) in [6, 6.07) is 8.75. The summed E-state index contributed by atoms with van der Waals surface area (Å²) in [5.74, 6) is -0.140. The number of ether oxygens (including phenoxy) is 1. The van der Waals surface area contributed by atoms with Gasteiger partial charge in [0.1, 0.15) is 5.75 Å². The predicted molar refractivity (Wildman–Crippen MR) is 88.2 cm³/mol. The third-order valence-electron chi connectivity index (χ3n) is 4.19. The highest BCUT2D eigenvalue weighted by atomic mass is 19.3. The van der Waals surface area contributed by atoms with Gasteiger partial charge in [-0.25, -0.2) is 0 Å². The van der Waals surface area contributed by atoms with Crippen LogP contribution in [-0.2, 0) is 0 Å². The highest BCUT2D eigenvalue weighted by Gasteiger charge is 2.26. The minimum absolute atomic E-state index is 0.00120. The van der Waals surface area contributed by atoms with Gasteiger partial charge in [0.15, 0.2) is 5.76 Å². The summed E-state index contributed by atoms with van der Waals surface area (Å²) in [5, 5.41) is 2.90. The van der Waals surface area contributed by atoms with Crippen LogP contribution in [-0.4, -0.2) is 42.5 Å². The fraction of sp³-hybridized carbons (Fsp3) is 0.333. The van der Waals surface area contributed by atoms with E-state index in [0.29, 0.717) is 37.3 Å². The van der Waals surface area contributed by atoms with Crippen LogP contribution in [0.1, 0.15) is 33.8 Å². The zero-order valence-corrected chi connectivity index (χ0v) is 13.9. The number of piperidine rings is 1. The van der Waals surface area contributed by atoms with Crippen molar-refractivity contribution >= 4 is 11.8 Å². The number of nitrogens with one attached hydrogen (secondary N) is 1. The van der Waals surface area contributed by atoms with Gasteiger partial charge in [-0.05, 0) is 49.2 Å². The van der Waals surface area contributed by atoms with Gasteiger partial charge in [0.25, 0.3) is 11.8 Å². The molecule has 0 spiro atoms. The highest BCUT2D eigenvalue weighted by Crippen LogP contribution is 2.17. The smallest absolute Gasteiger partial charge is 0.387 e. The maximum Gasteiger partial charge on any atom is 0.387 e. The highest BCUT2D eigenvalue weighted by molar-refractivity contribution is 5.94. The van der Waals surface area contributed by atoms with Gasteiger partial charge in [-0.1, -0.05) is 0 Å². The van der Waals surface area contributed by atoms with Crippen LogP contribution in [0.3, 0.4) is 0 Å². The lowest BCUT2D eigenvalue weighted by atomic mass is 10.0. The second kappa shape index (κ2) is 7.99. The molecule has 8 heteroatoms. The molecule has 26 heavy (non-hydrogen) atoms. The van der Waals surface area contributed by atoms with Gasteiger partial charge in [-0.2, -0.15) is 8.78 Å². The first-order valence-electron chi connectivity index (χ1n) is 8.21. The monoisotopic (exact) mass is 364 g/mol. The summed E-state index contributed by atoms with van der Waals surface area (Å²) >= 11 is 0. The molecule has 1 aromatic carbocycles. The molecule has 0 unspecified atom stereocenters. The number of nitrogens with zero attached hydrogens (tertiary/aromatic N) is 1. The molecule has 1 saturated heterocycles. The Hall–Kier alpha value is -2.90. The van der Waals surface area contributed by atoms with Crippen LogP contribution in [0.2, 0.25) is 0 Å². The molecule has 2 amide bonds. The van der Waals surface area contributed by atoms with E-state index in [1.165, 1.54) is 30.5 Å². The molecule has 0 atom stereocenters. The molecule has 1 N–H and O–H groups in total. The maximum atomic E-state index is 12.3. The number of amides is 2. The average Bonchev–Trinajstić information content (AvgIpc) is 3.16. The summed E-state index contributed by atoms with van der Waals surface area (Å²) in [6.07, 6.45) is 2.72. The molecule has 0 aliphatic carbocycles. The number of furan rings is 1. The van der Waals surface area contributed by atoms with Crippen LogP contribution < -0.4 is 10.1 Å². The van der Waals surface area contributed by atoms with Crippen molar-refractivity contribution in [2.24, 2.45) is 0 Å². The van der Waals surface area contributed by atoms with E-state index in [0.717, 1.165) is 0 Å². The van der Waals surface area contributed by atoms with Crippen molar-refractivity contribution < 1.29 is 27.5 Å².